The first kappa shape index (κ1) is 25.6. The van der Waals surface area contributed by atoms with Crippen LogP contribution in [0.5, 0.6) is 11.5 Å². The molecule has 0 unspecified atom stereocenters. The number of methoxy groups -OCH3 is 2. The molecule has 3 aromatic rings. The molecular weight excluding hydrogens is 498 g/mol. The van der Waals surface area contributed by atoms with Gasteiger partial charge in [0.2, 0.25) is 12.4 Å². The number of hydrogen-bond donors (Lipinski definition) is 1. The van der Waals surface area contributed by atoms with E-state index >= 15 is 0 Å². The van der Waals surface area contributed by atoms with E-state index in [1.807, 2.05) is 0 Å². The van der Waals surface area contributed by atoms with Crippen molar-refractivity contribution in [1.29, 1.82) is 0 Å². The second-order valence-corrected chi connectivity index (χ2v) is 9.52. The number of benzene rings is 2. The first-order valence-electron chi connectivity index (χ1n) is 11.9. The third-order valence-corrected chi connectivity index (χ3v) is 6.66. The SMILES string of the molecule is COc1ccc(C(=O)Nc2cc3ccc(O[C@@H]4OC(C)(C)[C@H](OC)[C@H]5OC(=O)O[C@@H]45)c(C)c3oc2=O)cc1. The van der Waals surface area contributed by atoms with E-state index in [0.29, 0.717) is 28.0 Å². The van der Waals surface area contributed by atoms with Crippen LogP contribution in [-0.4, -0.2) is 56.5 Å². The predicted octanol–water partition coefficient (Wildman–Crippen LogP) is 3.80. The molecule has 3 heterocycles. The number of anilines is 1. The molecule has 0 aliphatic carbocycles. The largest absolute Gasteiger partial charge is 0.509 e. The van der Waals surface area contributed by atoms with Crippen LogP contribution in [0, 0.1) is 6.92 Å². The van der Waals surface area contributed by atoms with Crippen LogP contribution >= 0.6 is 0 Å². The molecule has 4 atom stereocenters. The summed E-state index contributed by atoms with van der Waals surface area (Å²) in [5.74, 6) is 0.495. The number of fused-ring (bicyclic) bond motifs is 2. The Labute approximate surface area is 217 Å². The van der Waals surface area contributed by atoms with Crippen LogP contribution in [0.1, 0.15) is 29.8 Å². The lowest BCUT2D eigenvalue weighted by Gasteiger charge is -2.45. The van der Waals surface area contributed by atoms with E-state index in [1.165, 1.54) is 20.3 Å². The van der Waals surface area contributed by atoms with Gasteiger partial charge in [0.25, 0.3) is 5.91 Å². The van der Waals surface area contributed by atoms with Crippen LogP contribution in [-0.2, 0) is 18.9 Å². The zero-order chi connectivity index (χ0) is 27.2. The van der Waals surface area contributed by atoms with Gasteiger partial charge in [-0.3, -0.25) is 4.79 Å². The van der Waals surface area contributed by atoms with Gasteiger partial charge in [-0.2, -0.15) is 0 Å². The Morgan fingerprint density at radius 1 is 1.00 bits per heavy atom. The number of nitrogens with one attached hydrogen (secondary N) is 1. The molecule has 200 valence electrons. The highest BCUT2D eigenvalue weighted by Crippen LogP contribution is 2.39. The molecule has 2 aliphatic rings. The highest BCUT2D eigenvalue weighted by atomic mass is 16.8. The number of carbonyl (C=O) groups excluding carboxylic acids is 2. The number of amides is 1. The first-order chi connectivity index (χ1) is 18.1. The fourth-order valence-electron chi connectivity index (χ4n) is 4.75. The van der Waals surface area contributed by atoms with Gasteiger partial charge in [-0.25, -0.2) is 9.59 Å². The Hall–Kier alpha value is -4.09. The molecule has 0 radical (unpaired) electrons. The molecule has 0 saturated carbocycles. The monoisotopic (exact) mass is 525 g/mol. The maximum Gasteiger partial charge on any atom is 0.509 e. The molecule has 2 fully saturated rings. The third kappa shape index (κ3) is 4.54. The highest BCUT2D eigenvalue weighted by molar-refractivity contribution is 6.04. The van der Waals surface area contributed by atoms with Gasteiger partial charge in [-0.15, -0.1) is 0 Å². The number of ether oxygens (including phenoxy) is 6. The maximum atomic E-state index is 12.7. The van der Waals surface area contributed by atoms with E-state index in [4.69, 9.17) is 32.8 Å². The lowest BCUT2D eigenvalue weighted by molar-refractivity contribution is -0.282. The van der Waals surface area contributed by atoms with Crippen LogP contribution in [0.3, 0.4) is 0 Å². The van der Waals surface area contributed by atoms with Gasteiger partial charge >= 0.3 is 11.8 Å². The molecule has 1 amide bonds. The van der Waals surface area contributed by atoms with Crippen molar-refractivity contribution < 1.29 is 42.4 Å². The molecule has 1 aromatic heterocycles. The van der Waals surface area contributed by atoms with Gasteiger partial charge < -0.3 is 38.2 Å². The van der Waals surface area contributed by atoms with Crippen LogP contribution in [0.15, 0.2) is 51.7 Å². The van der Waals surface area contributed by atoms with Crippen molar-refractivity contribution in [2.24, 2.45) is 0 Å². The quantitative estimate of drug-likeness (QED) is 0.374. The van der Waals surface area contributed by atoms with E-state index in [-0.39, 0.29) is 11.3 Å². The van der Waals surface area contributed by atoms with Gasteiger partial charge in [0.05, 0.1) is 12.7 Å². The summed E-state index contributed by atoms with van der Waals surface area (Å²) in [7, 11) is 3.03. The minimum atomic E-state index is -1.00. The smallest absolute Gasteiger partial charge is 0.497 e. The third-order valence-electron chi connectivity index (χ3n) is 6.66. The normalized spacial score (nSPS) is 23.8. The van der Waals surface area contributed by atoms with E-state index < -0.39 is 47.9 Å². The summed E-state index contributed by atoms with van der Waals surface area (Å²) >= 11 is 0. The lowest BCUT2D eigenvalue weighted by atomic mass is 9.89. The molecule has 11 nitrogen and oxygen atoms in total. The maximum absolute atomic E-state index is 12.7. The van der Waals surface area contributed by atoms with Gasteiger partial charge in [0.1, 0.15) is 28.9 Å². The number of carbonyl (C=O) groups is 2. The summed E-state index contributed by atoms with van der Waals surface area (Å²) in [4.78, 5) is 37.3. The minimum Gasteiger partial charge on any atom is -0.497 e. The molecule has 38 heavy (non-hydrogen) atoms. The number of hydrogen-bond acceptors (Lipinski definition) is 10. The van der Waals surface area contributed by atoms with E-state index in [9.17, 15) is 14.4 Å². The summed E-state index contributed by atoms with van der Waals surface area (Å²) in [5, 5.41) is 3.16. The summed E-state index contributed by atoms with van der Waals surface area (Å²) in [6, 6.07) is 11.4. The average molecular weight is 526 g/mol. The summed E-state index contributed by atoms with van der Waals surface area (Å²) < 4.78 is 39.0. The zero-order valence-corrected chi connectivity index (χ0v) is 21.4. The first-order valence-corrected chi connectivity index (χ1v) is 11.9. The van der Waals surface area contributed by atoms with Crippen LogP contribution < -0.4 is 20.4 Å². The Morgan fingerprint density at radius 3 is 2.39 bits per heavy atom. The van der Waals surface area contributed by atoms with Crippen molar-refractivity contribution in [3.8, 4) is 11.5 Å². The van der Waals surface area contributed by atoms with Crippen LogP contribution in [0.2, 0.25) is 0 Å². The van der Waals surface area contributed by atoms with Gasteiger partial charge in [0.15, 0.2) is 6.10 Å². The van der Waals surface area contributed by atoms with Crippen molar-refractivity contribution in [2.75, 3.05) is 19.5 Å². The molecule has 0 spiro atoms. The van der Waals surface area contributed by atoms with Crippen LogP contribution in [0.25, 0.3) is 11.0 Å². The topological polar surface area (TPSA) is 132 Å². The van der Waals surface area contributed by atoms with Crippen molar-refractivity contribution in [3.63, 3.8) is 0 Å². The lowest BCUT2D eigenvalue weighted by Crippen LogP contribution is -2.62. The second kappa shape index (κ2) is 9.66. The van der Waals surface area contributed by atoms with Crippen LogP contribution in [0.4, 0.5) is 10.5 Å². The Morgan fingerprint density at radius 2 is 1.71 bits per heavy atom. The standard InChI is InChI=1S/C27H27NO10/c1-13-18(34-25-21-20(36-26(31)37-21)22(33-5)27(2,3)38-25)11-8-15-12-17(24(30)35-19(13)15)28-23(29)14-6-9-16(32-4)10-7-14/h6-12,20-22,25H,1-5H3,(H,28,29)/t20-,21+,22+,25+/m0/s1. The summed E-state index contributed by atoms with van der Waals surface area (Å²) in [5.41, 5.74) is -0.446. The van der Waals surface area contributed by atoms with Gasteiger partial charge in [-0.1, -0.05) is 0 Å². The predicted molar refractivity (Wildman–Crippen MR) is 134 cm³/mol. The Bertz CT molecular complexity index is 1440. The summed E-state index contributed by atoms with van der Waals surface area (Å²) in [6.45, 7) is 5.32. The fourth-order valence-corrected chi connectivity index (χ4v) is 4.75. The van der Waals surface area contributed by atoms with Crippen molar-refractivity contribution in [3.05, 3.63) is 64.0 Å². The molecule has 2 aromatic carbocycles. The highest BCUT2D eigenvalue weighted by Gasteiger charge is 2.59. The van der Waals surface area contributed by atoms with Crippen molar-refractivity contribution in [1.82, 2.24) is 0 Å². The van der Waals surface area contributed by atoms with Gasteiger partial charge in [-0.05, 0) is 63.2 Å². The second-order valence-electron chi connectivity index (χ2n) is 9.52. The molecule has 2 aliphatic heterocycles. The molecular formula is C27H27NO10. The van der Waals surface area contributed by atoms with E-state index in [2.05, 4.69) is 5.32 Å². The molecule has 5 rings (SSSR count). The molecule has 1 N–H and O–H groups in total. The molecule has 0 bridgehead atoms. The molecule has 11 heteroatoms. The average Bonchev–Trinajstić information content (AvgIpc) is 3.27. The summed E-state index contributed by atoms with van der Waals surface area (Å²) in [6.07, 6.45) is -3.99. The van der Waals surface area contributed by atoms with E-state index in [0.717, 1.165) is 0 Å². The number of rotatable bonds is 6. The number of aryl methyl sites for hydroxylation is 1. The Balaban J connectivity index is 1.40. The van der Waals surface area contributed by atoms with E-state index in [1.54, 1.807) is 57.2 Å². The Kier molecular flexibility index (Phi) is 6.49. The minimum absolute atomic E-state index is 0.00721. The zero-order valence-electron chi connectivity index (χ0n) is 21.4. The van der Waals surface area contributed by atoms with Crippen molar-refractivity contribution in [2.45, 2.75) is 51.0 Å². The fraction of sp³-hybridized carbons (Fsp3) is 0.370. The van der Waals surface area contributed by atoms with Crippen molar-refractivity contribution >= 4 is 28.7 Å². The van der Waals surface area contributed by atoms with Gasteiger partial charge in [0, 0.05) is 23.6 Å². The molecule has 2 saturated heterocycles.